The van der Waals surface area contributed by atoms with Crippen molar-refractivity contribution >= 4 is 21.6 Å². The summed E-state index contributed by atoms with van der Waals surface area (Å²) in [6.07, 6.45) is 3.33. The van der Waals surface area contributed by atoms with Crippen molar-refractivity contribution in [2.75, 3.05) is 17.9 Å². The second-order valence-electron chi connectivity index (χ2n) is 7.81. The van der Waals surface area contributed by atoms with Gasteiger partial charge in [-0.1, -0.05) is 42.7 Å². The van der Waals surface area contributed by atoms with Gasteiger partial charge in [0.25, 0.3) is 15.9 Å². The van der Waals surface area contributed by atoms with Crippen LogP contribution in [0.25, 0.3) is 0 Å². The molecule has 0 saturated heterocycles. The first-order chi connectivity index (χ1) is 13.9. The molecule has 1 heterocycles. The number of rotatable bonds is 4. The number of likely N-dealkylation sites (N-methyl/N-ethyl adjacent to an activating group) is 1. The first kappa shape index (κ1) is 19.8. The van der Waals surface area contributed by atoms with E-state index in [1.54, 1.807) is 60.5 Å². The Hall–Kier alpha value is -2.54. The zero-order valence-electron chi connectivity index (χ0n) is 16.7. The van der Waals surface area contributed by atoms with E-state index in [2.05, 4.69) is 0 Å². The minimum atomic E-state index is -3.82. The van der Waals surface area contributed by atoms with E-state index >= 15 is 0 Å². The number of ether oxygens (including phenoxy) is 1. The highest BCUT2D eigenvalue weighted by Gasteiger charge is 2.39. The van der Waals surface area contributed by atoms with E-state index < -0.39 is 16.1 Å². The van der Waals surface area contributed by atoms with Crippen molar-refractivity contribution in [1.29, 1.82) is 0 Å². The molecule has 0 aromatic heterocycles. The Bertz CT molecular complexity index is 998. The molecular formula is C22H26N2O4S. The van der Waals surface area contributed by atoms with Crippen LogP contribution in [-0.4, -0.2) is 45.0 Å². The molecule has 1 aliphatic carbocycles. The maximum Gasteiger partial charge on any atom is 0.265 e. The summed E-state index contributed by atoms with van der Waals surface area (Å²) in [5.74, 6) is 0.239. The summed E-state index contributed by atoms with van der Waals surface area (Å²) < 4.78 is 34.1. The maximum atomic E-state index is 13.4. The van der Waals surface area contributed by atoms with E-state index in [-0.39, 0.29) is 23.4 Å². The highest BCUT2D eigenvalue weighted by Crippen LogP contribution is 2.37. The molecule has 2 aliphatic rings. The molecule has 0 radical (unpaired) electrons. The summed E-state index contributed by atoms with van der Waals surface area (Å²) >= 11 is 0. The summed E-state index contributed by atoms with van der Waals surface area (Å²) in [5, 5.41) is 0. The summed E-state index contributed by atoms with van der Waals surface area (Å²) in [4.78, 5) is 15.1. The van der Waals surface area contributed by atoms with E-state index in [4.69, 9.17) is 4.74 Å². The predicted molar refractivity (Wildman–Crippen MR) is 112 cm³/mol. The molecule has 1 amide bonds. The van der Waals surface area contributed by atoms with Gasteiger partial charge >= 0.3 is 0 Å². The Balaban J connectivity index is 1.68. The van der Waals surface area contributed by atoms with E-state index in [0.29, 0.717) is 11.4 Å². The van der Waals surface area contributed by atoms with Crippen molar-refractivity contribution in [3.8, 4) is 5.75 Å². The molecular weight excluding hydrogens is 388 g/mol. The molecule has 29 heavy (non-hydrogen) atoms. The highest BCUT2D eigenvalue weighted by molar-refractivity contribution is 7.92. The number of para-hydroxylation sites is 2. The molecule has 4 rings (SSSR count). The van der Waals surface area contributed by atoms with Crippen LogP contribution in [-0.2, 0) is 14.8 Å². The van der Waals surface area contributed by atoms with Gasteiger partial charge in [0.15, 0.2) is 6.10 Å². The van der Waals surface area contributed by atoms with Crippen LogP contribution in [0.3, 0.4) is 0 Å². The van der Waals surface area contributed by atoms with Gasteiger partial charge < -0.3 is 9.64 Å². The molecule has 1 fully saturated rings. The maximum absolute atomic E-state index is 13.4. The third-order valence-electron chi connectivity index (χ3n) is 5.84. The van der Waals surface area contributed by atoms with Gasteiger partial charge in [0.05, 0.1) is 17.1 Å². The lowest BCUT2D eigenvalue weighted by Gasteiger charge is -2.37. The Morgan fingerprint density at radius 1 is 1.07 bits per heavy atom. The Morgan fingerprint density at radius 2 is 1.72 bits per heavy atom. The average Bonchev–Trinajstić information content (AvgIpc) is 3.27. The predicted octanol–water partition coefficient (Wildman–Crippen LogP) is 3.35. The molecule has 1 atom stereocenters. The third-order valence-corrected chi connectivity index (χ3v) is 7.63. The second-order valence-corrected chi connectivity index (χ2v) is 9.67. The van der Waals surface area contributed by atoms with Crippen LogP contribution in [0.15, 0.2) is 53.4 Å². The van der Waals surface area contributed by atoms with Crippen molar-refractivity contribution in [3.63, 3.8) is 0 Å². The minimum absolute atomic E-state index is 0.0386. The smallest absolute Gasteiger partial charge is 0.265 e. The highest BCUT2D eigenvalue weighted by atomic mass is 32.2. The number of fused-ring (bicyclic) bond motifs is 1. The van der Waals surface area contributed by atoms with Gasteiger partial charge in [-0.15, -0.1) is 0 Å². The number of carbonyl (C=O) groups is 1. The number of aryl methyl sites for hydroxylation is 1. The lowest BCUT2D eigenvalue weighted by molar-refractivity contribution is -0.139. The molecule has 6 nitrogen and oxygen atoms in total. The van der Waals surface area contributed by atoms with Crippen LogP contribution in [0.5, 0.6) is 5.75 Å². The molecule has 7 heteroatoms. The number of hydrogen-bond acceptors (Lipinski definition) is 4. The van der Waals surface area contributed by atoms with Gasteiger partial charge in [-0.2, -0.15) is 0 Å². The topological polar surface area (TPSA) is 66.9 Å². The molecule has 2 aromatic carbocycles. The van der Waals surface area contributed by atoms with Crippen molar-refractivity contribution in [3.05, 3.63) is 54.1 Å². The van der Waals surface area contributed by atoms with E-state index in [1.165, 1.54) is 4.31 Å². The number of anilines is 1. The summed E-state index contributed by atoms with van der Waals surface area (Å²) in [5.41, 5.74) is 1.44. The average molecular weight is 415 g/mol. The van der Waals surface area contributed by atoms with Crippen molar-refractivity contribution in [2.45, 2.75) is 49.6 Å². The van der Waals surface area contributed by atoms with Crippen LogP contribution >= 0.6 is 0 Å². The van der Waals surface area contributed by atoms with E-state index in [9.17, 15) is 13.2 Å². The number of nitrogens with zero attached hydrogens (tertiary/aromatic N) is 2. The van der Waals surface area contributed by atoms with Crippen LogP contribution in [0.4, 0.5) is 5.69 Å². The van der Waals surface area contributed by atoms with Crippen molar-refractivity contribution in [1.82, 2.24) is 4.90 Å². The van der Waals surface area contributed by atoms with Gasteiger partial charge in [0.2, 0.25) is 0 Å². The Labute approximate surface area is 172 Å². The van der Waals surface area contributed by atoms with Gasteiger partial charge in [0, 0.05) is 13.1 Å². The van der Waals surface area contributed by atoms with Gasteiger partial charge in [0.1, 0.15) is 5.75 Å². The summed E-state index contributed by atoms with van der Waals surface area (Å²) in [6, 6.07) is 13.9. The molecule has 2 aromatic rings. The zero-order chi connectivity index (χ0) is 20.6. The summed E-state index contributed by atoms with van der Waals surface area (Å²) in [6.45, 7) is 1.87. The molecule has 1 aliphatic heterocycles. The normalized spacial score (nSPS) is 19.5. The van der Waals surface area contributed by atoms with Crippen molar-refractivity contribution in [2.24, 2.45) is 0 Å². The van der Waals surface area contributed by atoms with Crippen LogP contribution < -0.4 is 9.04 Å². The standard InChI is InChI=1S/C22H26N2O4S/c1-16-11-13-18(14-12-16)29(26,27)24-15-21(28-20-10-6-5-9-19(20)24)22(25)23(2)17-7-3-4-8-17/h5-6,9-14,17,21H,3-4,7-8,15H2,1-2H3/t21-/m0/s1. The quantitative estimate of drug-likeness (QED) is 0.770. The fourth-order valence-corrected chi connectivity index (χ4v) is 5.57. The molecule has 0 bridgehead atoms. The van der Waals surface area contributed by atoms with Gasteiger partial charge in [-0.3, -0.25) is 9.10 Å². The Morgan fingerprint density at radius 3 is 2.41 bits per heavy atom. The van der Waals surface area contributed by atoms with Crippen LogP contribution in [0.1, 0.15) is 31.2 Å². The van der Waals surface area contributed by atoms with E-state index in [1.807, 2.05) is 6.92 Å². The lowest BCUT2D eigenvalue weighted by atomic mass is 10.1. The fraction of sp³-hybridized carbons (Fsp3) is 0.409. The number of carbonyl (C=O) groups excluding carboxylic acids is 1. The minimum Gasteiger partial charge on any atom is -0.476 e. The molecule has 0 spiro atoms. The fourth-order valence-electron chi connectivity index (χ4n) is 4.09. The van der Waals surface area contributed by atoms with Gasteiger partial charge in [-0.25, -0.2) is 8.42 Å². The van der Waals surface area contributed by atoms with Crippen LogP contribution in [0.2, 0.25) is 0 Å². The molecule has 0 unspecified atom stereocenters. The largest absolute Gasteiger partial charge is 0.476 e. The molecule has 1 saturated carbocycles. The zero-order valence-corrected chi connectivity index (χ0v) is 17.6. The molecule has 0 N–H and O–H groups in total. The summed E-state index contributed by atoms with van der Waals surface area (Å²) in [7, 11) is -2.03. The van der Waals surface area contributed by atoms with Crippen LogP contribution in [0, 0.1) is 6.92 Å². The van der Waals surface area contributed by atoms with Gasteiger partial charge in [-0.05, 0) is 44.0 Å². The van der Waals surface area contributed by atoms with E-state index in [0.717, 1.165) is 31.2 Å². The SMILES string of the molecule is Cc1ccc(S(=O)(=O)N2C[C@@H](C(=O)N(C)C3CCCC3)Oc3ccccc32)cc1. The third kappa shape index (κ3) is 3.71. The first-order valence-corrected chi connectivity index (χ1v) is 11.4. The number of hydrogen-bond donors (Lipinski definition) is 0. The van der Waals surface area contributed by atoms with Crippen molar-refractivity contribution < 1.29 is 17.9 Å². The monoisotopic (exact) mass is 414 g/mol. The number of amides is 1. The number of benzene rings is 2. The number of sulfonamides is 1. The Kier molecular flexibility index (Phi) is 5.25. The lowest BCUT2D eigenvalue weighted by Crippen LogP contribution is -2.52. The second kappa shape index (κ2) is 7.71. The molecule has 154 valence electrons. The first-order valence-electron chi connectivity index (χ1n) is 9.99.